The number of halogens is 1. The van der Waals surface area contributed by atoms with E-state index < -0.39 is 5.60 Å². The standard InChI is InChI=1S/C14H21NO3.ClH/c1-14(2,3)18-13(16)10-15-9-11-5-7-12(17-4)8-6-11;/h5-8,15H,9-10H2,1-4H3;1H. The second-order valence-electron chi connectivity index (χ2n) is 5.04. The molecule has 1 aromatic rings. The van der Waals surface area contributed by atoms with Gasteiger partial charge >= 0.3 is 5.97 Å². The zero-order valence-electron chi connectivity index (χ0n) is 11.9. The number of rotatable bonds is 5. The molecule has 4 nitrogen and oxygen atoms in total. The maximum absolute atomic E-state index is 11.4. The smallest absolute Gasteiger partial charge is 0.320 e. The lowest BCUT2D eigenvalue weighted by atomic mass is 10.2. The predicted octanol–water partition coefficient (Wildman–Crippen LogP) is 2.55. The molecule has 0 heterocycles. The highest BCUT2D eigenvalue weighted by Crippen LogP contribution is 2.11. The fraction of sp³-hybridized carbons (Fsp3) is 0.500. The average molecular weight is 288 g/mol. The quantitative estimate of drug-likeness (QED) is 0.846. The fourth-order valence-corrected chi connectivity index (χ4v) is 1.43. The summed E-state index contributed by atoms with van der Waals surface area (Å²) in [5, 5.41) is 3.05. The van der Waals surface area contributed by atoms with Crippen LogP contribution in [0.3, 0.4) is 0 Å². The van der Waals surface area contributed by atoms with Gasteiger partial charge in [-0.1, -0.05) is 12.1 Å². The summed E-state index contributed by atoms with van der Waals surface area (Å²) in [5.74, 6) is 0.585. The monoisotopic (exact) mass is 287 g/mol. The molecule has 0 aliphatic carbocycles. The van der Waals surface area contributed by atoms with Crippen molar-refractivity contribution in [2.45, 2.75) is 32.9 Å². The molecule has 108 valence electrons. The van der Waals surface area contributed by atoms with Crippen molar-refractivity contribution in [3.8, 4) is 5.75 Å². The molecule has 0 saturated carbocycles. The summed E-state index contributed by atoms with van der Waals surface area (Å²) in [7, 11) is 1.63. The van der Waals surface area contributed by atoms with Gasteiger partial charge in [0.05, 0.1) is 13.7 Å². The van der Waals surface area contributed by atoms with Crippen LogP contribution in [-0.2, 0) is 16.1 Å². The molecule has 0 radical (unpaired) electrons. The largest absolute Gasteiger partial charge is 0.497 e. The summed E-state index contributed by atoms with van der Waals surface area (Å²) in [6.45, 7) is 6.41. The molecule has 0 fully saturated rings. The van der Waals surface area contributed by atoms with Gasteiger partial charge in [0, 0.05) is 6.54 Å². The van der Waals surface area contributed by atoms with E-state index in [1.54, 1.807) is 7.11 Å². The fourth-order valence-electron chi connectivity index (χ4n) is 1.43. The molecule has 0 amide bonds. The number of benzene rings is 1. The Labute approximate surface area is 120 Å². The normalized spacial score (nSPS) is 10.5. The van der Waals surface area contributed by atoms with Crippen LogP contribution in [0.1, 0.15) is 26.3 Å². The van der Waals surface area contributed by atoms with Crippen molar-refractivity contribution in [2.24, 2.45) is 0 Å². The van der Waals surface area contributed by atoms with Gasteiger partial charge in [0.2, 0.25) is 0 Å². The molecule has 0 aromatic heterocycles. The van der Waals surface area contributed by atoms with Gasteiger partial charge in [0.25, 0.3) is 0 Å². The van der Waals surface area contributed by atoms with Crippen LogP contribution in [0.5, 0.6) is 5.75 Å². The number of carbonyl (C=O) groups is 1. The number of hydrogen-bond donors (Lipinski definition) is 1. The van der Waals surface area contributed by atoms with E-state index in [1.807, 2.05) is 45.0 Å². The van der Waals surface area contributed by atoms with Crippen molar-refractivity contribution in [3.05, 3.63) is 29.8 Å². The Balaban J connectivity index is 0.00000324. The third-order valence-electron chi connectivity index (χ3n) is 2.18. The average Bonchev–Trinajstić information content (AvgIpc) is 2.27. The van der Waals surface area contributed by atoms with Crippen molar-refractivity contribution < 1.29 is 14.3 Å². The van der Waals surface area contributed by atoms with Crippen LogP contribution in [0.25, 0.3) is 0 Å². The summed E-state index contributed by atoms with van der Waals surface area (Å²) >= 11 is 0. The van der Waals surface area contributed by atoms with Crippen molar-refractivity contribution in [2.75, 3.05) is 13.7 Å². The van der Waals surface area contributed by atoms with Crippen LogP contribution in [0, 0.1) is 0 Å². The Hall–Kier alpha value is -1.26. The minimum Gasteiger partial charge on any atom is -0.497 e. The first-order chi connectivity index (χ1) is 8.40. The second kappa shape index (κ2) is 8.02. The van der Waals surface area contributed by atoms with Gasteiger partial charge in [0.1, 0.15) is 11.4 Å². The number of carbonyl (C=O) groups excluding carboxylic acids is 1. The van der Waals surface area contributed by atoms with E-state index in [1.165, 1.54) is 0 Å². The van der Waals surface area contributed by atoms with E-state index in [4.69, 9.17) is 9.47 Å². The topological polar surface area (TPSA) is 47.6 Å². The molecule has 0 bridgehead atoms. The van der Waals surface area contributed by atoms with E-state index in [0.29, 0.717) is 6.54 Å². The van der Waals surface area contributed by atoms with Gasteiger partial charge in [-0.25, -0.2) is 0 Å². The molecule has 0 spiro atoms. The Kier molecular flexibility index (Phi) is 7.49. The summed E-state index contributed by atoms with van der Waals surface area (Å²) in [5.41, 5.74) is 0.665. The molecule has 0 atom stereocenters. The molecule has 0 saturated heterocycles. The van der Waals surface area contributed by atoms with Gasteiger partial charge in [0.15, 0.2) is 0 Å². The first-order valence-electron chi connectivity index (χ1n) is 5.96. The summed E-state index contributed by atoms with van der Waals surface area (Å²) < 4.78 is 10.3. The molecule has 1 N–H and O–H groups in total. The Bertz CT molecular complexity index is 385. The Morgan fingerprint density at radius 1 is 1.21 bits per heavy atom. The molecule has 1 aromatic carbocycles. The van der Waals surface area contributed by atoms with Crippen LogP contribution >= 0.6 is 12.4 Å². The highest BCUT2D eigenvalue weighted by Gasteiger charge is 2.15. The molecular weight excluding hydrogens is 266 g/mol. The van der Waals surface area contributed by atoms with E-state index in [9.17, 15) is 4.79 Å². The van der Waals surface area contributed by atoms with Gasteiger partial charge in [-0.15, -0.1) is 12.4 Å². The maximum atomic E-state index is 11.4. The van der Waals surface area contributed by atoms with Gasteiger partial charge in [-0.2, -0.15) is 0 Å². The van der Waals surface area contributed by atoms with E-state index in [-0.39, 0.29) is 24.9 Å². The third kappa shape index (κ3) is 7.70. The summed E-state index contributed by atoms with van der Waals surface area (Å²) in [6, 6.07) is 7.71. The van der Waals surface area contributed by atoms with Crippen molar-refractivity contribution >= 4 is 18.4 Å². The maximum Gasteiger partial charge on any atom is 0.320 e. The van der Waals surface area contributed by atoms with Crippen molar-refractivity contribution in [1.82, 2.24) is 5.32 Å². The lowest BCUT2D eigenvalue weighted by Crippen LogP contribution is -2.31. The molecule has 0 aliphatic rings. The zero-order valence-corrected chi connectivity index (χ0v) is 12.7. The number of ether oxygens (including phenoxy) is 2. The molecule has 19 heavy (non-hydrogen) atoms. The van der Waals surface area contributed by atoms with Gasteiger partial charge in [-0.3, -0.25) is 4.79 Å². The van der Waals surface area contributed by atoms with Crippen molar-refractivity contribution in [1.29, 1.82) is 0 Å². The first-order valence-corrected chi connectivity index (χ1v) is 5.96. The minimum absolute atomic E-state index is 0. The summed E-state index contributed by atoms with van der Waals surface area (Å²) in [6.07, 6.45) is 0. The Morgan fingerprint density at radius 2 is 1.79 bits per heavy atom. The molecular formula is C14H22ClNO3. The lowest BCUT2D eigenvalue weighted by Gasteiger charge is -2.19. The number of hydrogen-bond acceptors (Lipinski definition) is 4. The number of esters is 1. The predicted molar refractivity (Wildman–Crippen MR) is 77.8 cm³/mol. The second-order valence-corrected chi connectivity index (χ2v) is 5.04. The van der Waals surface area contributed by atoms with Crippen LogP contribution < -0.4 is 10.1 Å². The van der Waals surface area contributed by atoms with E-state index in [2.05, 4.69) is 5.32 Å². The molecule has 1 rings (SSSR count). The van der Waals surface area contributed by atoms with Crippen LogP contribution in [0.2, 0.25) is 0 Å². The molecule has 0 aliphatic heterocycles. The lowest BCUT2D eigenvalue weighted by molar-refractivity contribution is -0.153. The Morgan fingerprint density at radius 3 is 2.26 bits per heavy atom. The molecule has 5 heteroatoms. The van der Waals surface area contributed by atoms with Gasteiger partial charge < -0.3 is 14.8 Å². The first kappa shape index (κ1) is 17.7. The minimum atomic E-state index is -0.432. The van der Waals surface area contributed by atoms with Crippen LogP contribution in [-0.4, -0.2) is 25.2 Å². The number of nitrogens with one attached hydrogen (secondary N) is 1. The van der Waals surface area contributed by atoms with Crippen molar-refractivity contribution in [3.63, 3.8) is 0 Å². The summed E-state index contributed by atoms with van der Waals surface area (Å²) in [4.78, 5) is 11.4. The zero-order chi connectivity index (χ0) is 13.6. The number of methoxy groups -OCH3 is 1. The molecule has 0 unspecified atom stereocenters. The van der Waals surface area contributed by atoms with E-state index >= 15 is 0 Å². The third-order valence-corrected chi connectivity index (χ3v) is 2.18. The SMILES string of the molecule is COc1ccc(CNCC(=O)OC(C)(C)C)cc1.Cl. The highest BCUT2D eigenvalue weighted by molar-refractivity contribution is 5.85. The van der Waals surface area contributed by atoms with Crippen LogP contribution in [0.15, 0.2) is 24.3 Å². The van der Waals surface area contributed by atoms with E-state index in [0.717, 1.165) is 11.3 Å². The van der Waals surface area contributed by atoms with Crippen LogP contribution in [0.4, 0.5) is 0 Å². The van der Waals surface area contributed by atoms with Gasteiger partial charge in [-0.05, 0) is 38.5 Å². The highest BCUT2D eigenvalue weighted by atomic mass is 35.5.